The molecule has 0 saturated heterocycles. The monoisotopic (exact) mass is 529 g/mol. The van der Waals surface area contributed by atoms with Crippen molar-refractivity contribution in [2.24, 2.45) is 0 Å². The van der Waals surface area contributed by atoms with Crippen molar-refractivity contribution in [1.82, 2.24) is 5.32 Å². The third kappa shape index (κ3) is 6.62. The molecule has 1 N–H and O–H groups in total. The van der Waals surface area contributed by atoms with Crippen LogP contribution in [-0.2, 0) is 11.2 Å². The maximum atomic E-state index is 13.3. The van der Waals surface area contributed by atoms with Crippen LogP contribution in [0.4, 0.5) is 0 Å². The minimum atomic E-state index is -0.370. The molecule has 38 heavy (non-hydrogen) atoms. The Kier molecular flexibility index (Phi) is 8.52. The van der Waals surface area contributed by atoms with Gasteiger partial charge in [0.25, 0.3) is 5.91 Å². The highest BCUT2D eigenvalue weighted by Crippen LogP contribution is 2.32. The molecule has 4 aromatic rings. The van der Waals surface area contributed by atoms with Crippen LogP contribution in [0.15, 0.2) is 88.2 Å². The van der Waals surface area contributed by atoms with Crippen molar-refractivity contribution in [3.05, 3.63) is 113 Å². The largest absolute Gasteiger partial charge is 0.497 e. The molecule has 0 fully saturated rings. The highest BCUT2D eigenvalue weighted by Gasteiger charge is 2.21. The van der Waals surface area contributed by atoms with Crippen LogP contribution in [-0.4, -0.2) is 20.1 Å². The summed E-state index contributed by atoms with van der Waals surface area (Å²) in [6, 6.07) is 25.2. The molecule has 6 heteroatoms. The van der Waals surface area contributed by atoms with E-state index < -0.39 is 0 Å². The van der Waals surface area contributed by atoms with Gasteiger partial charge in [-0.25, -0.2) is 0 Å². The number of carbonyl (C=O) groups excluding carboxylic acids is 1. The van der Waals surface area contributed by atoms with Gasteiger partial charge in [-0.3, -0.25) is 4.79 Å². The third-order valence-electron chi connectivity index (χ3n) is 6.48. The Balaban J connectivity index is 1.50. The van der Waals surface area contributed by atoms with E-state index in [0.717, 1.165) is 28.4 Å². The van der Waals surface area contributed by atoms with Crippen LogP contribution in [0.1, 0.15) is 65.4 Å². The van der Waals surface area contributed by atoms with Crippen molar-refractivity contribution in [3.8, 4) is 11.5 Å². The fraction of sp³-hybridized carbons (Fsp3) is 0.281. The van der Waals surface area contributed by atoms with Gasteiger partial charge < -0.3 is 19.2 Å². The lowest BCUT2D eigenvalue weighted by molar-refractivity contribution is 0.0913. The number of benzene rings is 3. The van der Waals surface area contributed by atoms with E-state index in [0.29, 0.717) is 5.75 Å². The number of aryl methyl sites for hydroxylation is 1. The Labute approximate surface area is 229 Å². The number of hydrogen-bond acceptors (Lipinski definition) is 5. The van der Waals surface area contributed by atoms with E-state index >= 15 is 0 Å². The average Bonchev–Trinajstić information content (AvgIpc) is 3.40. The van der Waals surface area contributed by atoms with Crippen molar-refractivity contribution in [2.75, 3.05) is 14.2 Å². The third-order valence-corrected chi connectivity index (χ3v) is 7.66. The summed E-state index contributed by atoms with van der Waals surface area (Å²) in [5, 5.41) is 3.14. The fourth-order valence-corrected chi connectivity index (χ4v) is 5.06. The van der Waals surface area contributed by atoms with Gasteiger partial charge in [-0.05, 0) is 77.1 Å². The summed E-state index contributed by atoms with van der Waals surface area (Å²) < 4.78 is 16.6. The summed E-state index contributed by atoms with van der Waals surface area (Å²) in [6.45, 7) is 8.77. The molecule has 0 radical (unpaired) electrons. The molecule has 0 bridgehead atoms. The zero-order chi connectivity index (χ0) is 27.3. The van der Waals surface area contributed by atoms with E-state index in [1.54, 1.807) is 32.0 Å². The molecular formula is C32H35NO4S. The Morgan fingerprint density at radius 1 is 0.868 bits per heavy atom. The van der Waals surface area contributed by atoms with Crippen molar-refractivity contribution in [2.45, 2.75) is 49.8 Å². The predicted octanol–water partition coefficient (Wildman–Crippen LogP) is 7.71. The van der Waals surface area contributed by atoms with Crippen LogP contribution in [0.2, 0.25) is 0 Å². The summed E-state index contributed by atoms with van der Waals surface area (Å²) in [4.78, 5) is 14.5. The first-order chi connectivity index (χ1) is 18.2. The molecular weight excluding hydrogens is 494 g/mol. The Morgan fingerprint density at radius 2 is 1.45 bits per heavy atom. The van der Waals surface area contributed by atoms with Crippen molar-refractivity contribution < 1.29 is 18.7 Å². The molecule has 4 rings (SSSR count). The minimum Gasteiger partial charge on any atom is -0.497 e. The summed E-state index contributed by atoms with van der Waals surface area (Å²) >= 11 is 1.72. The van der Waals surface area contributed by atoms with Crippen LogP contribution in [0.5, 0.6) is 11.5 Å². The van der Waals surface area contributed by atoms with Gasteiger partial charge in [0.05, 0.1) is 26.0 Å². The Morgan fingerprint density at radius 3 is 1.97 bits per heavy atom. The molecule has 0 atom stereocenters. The second-order valence-corrected chi connectivity index (χ2v) is 11.3. The van der Waals surface area contributed by atoms with Gasteiger partial charge in [0.1, 0.15) is 17.3 Å². The van der Waals surface area contributed by atoms with Crippen molar-refractivity contribution in [3.63, 3.8) is 0 Å². The number of amides is 1. The van der Waals surface area contributed by atoms with Gasteiger partial charge in [0, 0.05) is 4.90 Å². The topological polar surface area (TPSA) is 60.7 Å². The molecule has 0 spiro atoms. The smallest absolute Gasteiger partial charge is 0.287 e. The normalized spacial score (nSPS) is 11.4. The number of hydrogen-bond donors (Lipinski definition) is 1. The Bertz CT molecular complexity index is 1320. The number of carbonyl (C=O) groups is 1. The van der Waals surface area contributed by atoms with Crippen LogP contribution in [0.25, 0.3) is 0 Å². The van der Waals surface area contributed by atoms with E-state index in [2.05, 4.69) is 51.2 Å². The molecule has 1 amide bonds. The highest BCUT2D eigenvalue weighted by atomic mass is 32.2. The van der Waals surface area contributed by atoms with Crippen LogP contribution < -0.4 is 14.8 Å². The Hall–Kier alpha value is -3.64. The van der Waals surface area contributed by atoms with Crippen molar-refractivity contribution in [1.29, 1.82) is 0 Å². The summed E-state index contributed by atoms with van der Waals surface area (Å²) in [5.41, 5.74) is 4.48. The van der Waals surface area contributed by atoms with Gasteiger partial charge in [-0.1, -0.05) is 57.2 Å². The first kappa shape index (κ1) is 27.4. The van der Waals surface area contributed by atoms with Crippen molar-refractivity contribution >= 4 is 17.7 Å². The number of methoxy groups -OCH3 is 2. The van der Waals surface area contributed by atoms with E-state index in [1.165, 1.54) is 16.0 Å². The SMILES string of the molecule is COc1ccc(C(NC(=O)c2ccc(CSc3cc(C(C)(C)C)ccc3C)o2)c2ccc(OC)cc2)cc1. The second-order valence-electron chi connectivity index (χ2n) is 10.2. The highest BCUT2D eigenvalue weighted by molar-refractivity contribution is 7.98. The lowest BCUT2D eigenvalue weighted by Crippen LogP contribution is -2.29. The van der Waals surface area contributed by atoms with E-state index in [4.69, 9.17) is 13.9 Å². The molecule has 0 aliphatic rings. The lowest BCUT2D eigenvalue weighted by Gasteiger charge is -2.20. The number of thioether (sulfide) groups is 1. The minimum absolute atomic E-state index is 0.0866. The molecule has 5 nitrogen and oxygen atoms in total. The van der Waals surface area contributed by atoms with Crippen LogP contribution >= 0.6 is 11.8 Å². The fourth-order valence-electron chi connectivity index (χ4n) is 4.10. The molecule has 0 saturated carbocycles. The standard InChI is InChI=1S/C32H35NO4S/c1-21-7-12-24(32(2,3)4)19-29(21)38-20-27-17-18-28(37-27)31(34)33-30(22-8-13-25(35-5)14-9-22)23-10-15-26(36-6)16-11-23/h7-19,30H,20H2,1-6H3,(H,33,34). The van der Waals surface area contributed by atoms with Gasteiger partial charge in [0.2, 0.25) is 0 Å². The number of ether oxygens (including phenoxy) is 2. The lowest BCUT2D eigenvalue weighted by atomic mass is 9.87. The summed E-state index contributed by atoms with van der Waals surface area (Å²) in [6.07, 6.45) is 0. The molecule has 1 heterocycles. The average molecular weight is 530 g/mol. The predicted molar refractivity (Wildman–Crippen MR) is 153 cm³/mol. The maximum Gasteiger partial charge on any atom is 0.287 e. The molecule has 1 aromatic heterocycles. The van der Waals surface area contributed by atoms with Crippen LogP contribution in [0.3, 0.4) is 0 Å². The van der Waals surface area contributed by atoms with Gasteiger partial charge in [0.15, 0.2) is 5.76 Å². The van der Waals surface area contributed by atoms with Gasteiger partial charge in [-0.15, -0.1) is 11.8 Å². The summed E-state index contributed by atoms with van der Waals surface area (Å²) in [5.74, 6) is 2.92. The van der Waals surface area contributed by atoms with Crippen LogP contribution in [0, 0.1) is 6.92 Å². The second kappa shape index (κ2) is 11.8. The van der Waals surface area contributed by atoms with E-state index in [-0.39, 0.29) is 23.1 Å². The number of nitrogens with one attached hydrogen (secondary N) is 1. The first-order valence-corrected chi connectivity index (χ1v) is 13.6. The van der Waals surface area contributed by atoms with Gasteiger partial charge in [-0.2, -0.15) is 0 Å². The summed E-state index contributed by atoms with van der Waals surface area (Å²) in [7, 11) is 3.26. The zero-order valence-corrected chi connectivity index (χ0v) is 23.6. The quantitative estimate of drug-likeness (QED) is 0.225. The first-order valence-electron chi connectivity index (χ1n) is 12.6. The maximum absolute atomic E-state index is 13.3. The molecule has 0 aliphatic heterocycles. The molecule has 0 aliphatic carbocycles. The zero-order valence-electron chi connectivity index (χ0n) is 22.8. The number of furan rings is 1. The van der Waals surface area contributed by atoms with E-state index in [1.807, 2.05) is 54.6 Å². The van der Waals surface area contributed by atoms with Gasteiger partial charge >= 0.3 is 0 Å². The van der Waals surface area contributed by atoms with E-state index in [9.17, 15) is 4.79 Å². The molecule has 3 aromatic carbocycles. The molecule has 0 unspecified atom stereocenters. The molecule has 198 valence electrons. The number of rotatable bonds is 9.